The molecule has 0 amide bonds. The molecule has 0 aromatic heterocycles. The predicted molar refractivity (Wildman–Crippen MR) is 193 cm³/mol. The molecule has 0 atom stereocenters. The molecule has 1 heteroatoms. The third kappa shape index (κ3) is 6.17. The van der Waals surface area contributed by atoms with E-state index in [0.29, 0.717) is 5.92 Å². The highest BCUT2D eigenvalue weighted by Gasteiger charge is 2.28. The zero-order valence-electron chi connectivity index (χ0n) is 26.3. The lowest BCUT2D eigenvalue weighted by atomic mass is 9.87. The highest BCUT2D eigenvalue weighted by Crippen LogP contribution is 2.47. The smallest absolute Gasteiger partial charge is 0.0633 e. The Labute approximate surface area is 268 Å². The van der Waals surface area contributed by atoms with Crippen LogP contribution in [-0.4, -0.2) is 5.71 Å². The Bertz CT molecular complexity index is 1970. The molecule has 0 radical (unpaired) electrons. The second kappa shape index (κ2) is 12.5. The van der Waals surface area contributed by atoms with Crippen LogP contribution in [0.5, 0.6) is 0 Å². The van der Waals surface area contributed by atoms with E-state index in [1.165, 1.54) is 74.0 Å². The Hall–Kier alpha value is -5.01. The molecule has 0 unspecified atom stereocenters. The van der Waals surface area contributed by atoms with E-state index in [2.05, 4.69) is 136 Å². The summed E-state index contributed by atoms with van der Waals surface area (Å²) in [6.07, 6.45) is 11.4. The van der Waals surface area contributed by atoms with Gasteiger partial charge in [-0.05, 0) is 130 Å². The number of allylic oxidation sites excluding steroid dienone is 4. The van der Waals surface area contributed by atoms with E-state index in [1.807, 2.05) is 18.2 Å². The van der Waals surface area contributed by atoms with Crippen molar-refractivity contribution in [3.05, 3.63) is 168 Å². The van der Waals surface area contributed by atoms with Gasteiger partial charge in [0.1, 0.15) is 0 Å². The number of nitrogens with zero attached hydrogens (tertiary/aromatic N) is 1. The minimum atomic E-state index is 0.610. The zero-order valence-corrected chi connectivity index (χ0v) is 26.3. The van der Waals surface area contributed by atoms with Crippen LogP contribution in [0.3, 0.4) is 0 Å². The first-order valence-electron chi connectivity index (χ1n) is 16.2. The van der Waals surface area contributed by atoms with Gasteiger partial charge in [-0.1, -0.05) is 122 Å². The Morgan fingerprint density at radius 3 is 2.11 bits per heavy atom. The van der Waals surface area contributed by atoms with Crippen molar-refractivity contribution in [2.45, 2.75) is 45.4 Å². The third-order valence-corrected chi connectivity index (χ3v) is 9.25. The molecule has 0 saturated heterocycles. The Morgan fingerprint density at radius 2 is 1.40 bits per heavy atom. The van der Waals surface area contributed by atoms with Crippen molar-refractivity contribution in [1.29, 1.82) is 0 Å². The third-order valence-electron chi connectivity index (χ3n) is 9.25. The molecule has 0 N–H and O–H groups in total. The van der Waals surface area contributed by atoms with Crippen molar-refractivity contribution >= 4 is 17.0 Å². The molecule has 1 nitrogen and oxygen atoms in total. The molecule has 1 fully saturated rings. The molecule has 5 aromatic carbocycles. The molecule has 0 aliphatic heterocycles. The molecule has 2 aliphatic carbocycles. The molecule has 5 aromatic rings. The second-order valence-electron chi connectivity index (χ2n) is 12.4. The first kappa shape index (κ1) is 28.7. The van der Waals surface area contributed by atoms with Crippen molar-refractivity contribution in [2.24, 2.45) is 4.99 Å². The van der Waals surface area contributed by atoms with Gasteiger partial charge >= 0.3 is 0 Å². The molecule has 45 heavy (non-hydrogen) atoms. The molecule has 2 aliphatic rings. The maximum absolute atomic E-state index is 4.93. The van der Waals surface area contributed by atoms with Gasteiger partial charge < -0.3 is 0 Å². The molecule has 7 rings (SSSR count). The Balaban J connectivity index is 1.29. The van der Waals surface area contributed by atoms with Crippen LogP contribution in [0.1, 0.15) is 66.3 Å². The summed E-state index contributed by atoms with van der Waals surface area (Å²) < 4.78 is 0. The number of aliphatic imine (C=N–C) groups is 1. The van der Waals surface area contributed by atoms with Crippen molar-refractivity contribution in [2.75, 3.05) is 0 Å². The fourth-order valence-electron chi connectivity index (χ4n) is 6.62. The minimum absolute atomic E-state index is 0.610. The molecule has 0 bridgehead atoms. The maximum atomic E-state index is 4.93. The summed E-state index contributed by atoms with van der Waals surface area (Å²) in [5.74, 6) is 0.610. The summed E-state index contributed by atoms with van der Waals surface area (Å²) in [7, 11) is 0. The molecule has 0 heterocycles. The van der Waals surface area contributed by atoms with Gasteiger partial charge in [-0.25, -0.2) is 0 Å². The number of hydrogen-bond donors (Lipinski definition) is 0. The zero-order chi connectivity index (χ0) is 30.8. The SMILES string of the molecule is C=C(/N=C(\C)c1cccc(-c2ccc(-c3cc(C4=CC=CCC4)cc(-c4ccccc4)c3)cc2C2CC2)c1C)c1ccccc1. The van der Waals surface area contributed by atoms with Crippen molar-refractivity contribution in [3.63, 3.8) is 0 Å². The Kier molecular flexibility index (Phi) is 8.01. The first-order chi connectivity index (χ1) is 22.0. The van der Waals surface area contributed by atoms with Crippen LogP contribution in [-0.2, 0) is 0 Å². The van der Waals surface area contributed by atoms with Gasteiger partial charge in [0.15, 0.2) is 0 Å². The topological polar surface area (TPSA) is 12.4 Å². The van der Waals surface area contributed by atoms with Gasteiger partial charge in [-0.2, -0.15) is 0 Å². The maximum Gasteiger partial charge on any atom is 0.0633 e. The quantitative estimate of drug-likeness (QED) is 0.162. The average molecular weight is 582 g/mol. The van der Waals surface area contributed by atoms with Crippen LogP contribution in [0.15, 0.2) is 145 Å². The molecule has 1 saturated carbocycles. The fourth-order valence-corrected chi connectivity index (χ4v) is 6.62. The summed E-state index contributed by atoms with van der Waals surface area (Å²) in [6.45, 7) is 8.59. The van der Waals surface area contributed by atoms with Crippen molar-refractivity contribution in [3.8, 4) is 33.4 Å². The van der Waals surface area contributed by atoms with Gasteiger partial charge in [0.2, 0.25) is 0 Å². The van der Waals surface area contributed by atoms with E-state index >= 15 is 0 Å². The van der Waals surface area contributed by atoms with E-state index in [0.717, 1.165) is 29.8 Å². The summed E-state index contributed by atoms with van der Waals surface area (Å²) in [5.41, 5.74) is 17.2. The molecule has 220 valence electrons. The van der Waals surface area contributed by atoms with Gasteiger partial charge in [-0.3, -0.25) is 4.99 Å². The molecular weight excluding hydrogens is 542 g/mol. The van der Waals surface area contributed by atoms with Crippen LogP contribution >= 0.6 is 0 Å². The first-order valence-corrected chi connectivity index (χ1v) is 16.2. The highest BCUT2D eigenvalue weighted by atomic mass is 14.8. The summed E-state index contributed by atoms with van der Waals surface area (Å²) in [5, 5.41) is 0. The summed E-state index contributed by atoms with van der Waals surface area (Å²) in [4.78, 5) is 4.93. The van der Waals surface area contributed by atoms with Crippen molar-refractivity contribution < 1.29 is 0 Å². The molecular formula is C44H39N. The lowest BCUT2D eigenvalue weighted by Gasteiger charge is -2.18. The van der Waals surface area contributed by atoms with E-state index in [-0.39, 0.29) is 0 Å². The van der Waals surface area contributed by atoms with E-state index in [1.54, 1.807) is 0 Å². The van der Waals surface area contributed by atoms with E-state index in [9.17, 15) is 0 Å². The summed E-state index contributed by atoms with van der Waals surface area (Å²) in [6, 6.07) is 41.9. The fraction of sp³-hybridized carbons (Fsp3) is 0.159. The van der Waals surface area contributed by atoms with Crippen LogP contribution in [0.4, 0.5) is 0 Å². The lowest BCUT2D eigenvalue weighted by Crippen LogP contribution is -2.01. The van der Waals surface area contributed by atoms with Crippen LogP contribution in [0, 0.1) is 6.92 Å². The van der Waals surface area contributed by atoms with Gasteiger partial charge in [-0.15, -0.1) is 0 Å². The minimum Gasteiger partial charge on any atom is -0.253 e. The normalized spacial score (nSPS) is 14.7. The second-order valence-corrected chi connectivity index (χ2v) is 12.4. The highest BCUT2D eigenvalue weighted by molar-refractivity contribution is 6.04. The van der Waals surface area contributed by atoms with E-state index in [4.69, 9.17) is 4.99 Å². The Morgan fingerprint density at radius 1 is 0.689 bits per heavy atom. The van der Waals surface area contributed by atoms with Gasteiger partial charge in [0.05, 0.1) is 5.70 Å². The number of benzene rings is 5. The number of hydrogen-bond acceptors (Lipinski definition) is 1. The average Bonchev–Trinajstić information content (AvgIpc) is 3.95. The standard InChI is InChI=1S/C44H39N/c1-30-41(32(3)45-31(2)33-14-7-4-8-15-33)20-13-21-42(30)43-25-24-37(29-44(43)36-22-23-36)40-27-38(34-16-9-5-10-17-34)26-39(28-40)35-18-11-6-12-19-35/h4-11,13-18,20-21,24-29,36H,2,12,19,22-23H2,1,3H3/b45-32+. The lowest BCUT2D eigenvalue weighted by molar-refractivity contribution is 1.05. The monoisotopic (exact) mass is 581 g/mol. The number of rotatable bonds is 8. The van der Waals surface area contributed by atoms with Crippen molar-refractivity contribution in [1.82, 2.24) is 0 Å². The molecule has 0 spiro atoms. The largest absolute Gasteiger partial charge is 0.253 e. The predicted octanol–water partition coefficient (Wildman–Crippen LogP) is 12.1. The van der Waals surface area contributed by atoms with Crippen LogP contribution in [0.25, 0.3) is 44.7 Å². The van der Waals surface area contributed by atoms with Crippen LogP contribution < -0.4 is 0 Å². The summed E-state index contributed by atoms with van der Waals surface area (Å²) >= 11 is 0. The van der Waals surface area contributed by atoms with Gasteiger partial charge in [0, 0.05) is 5.71 Å². The van der Waals surface area contributed by atoms with Crippen LogP contribution in [0.2, 0.25) is 0 Å². The van der Waals surface area contributed by atoms with Gasteiger partial charge in [0.25, 0.3) is 0 Å². The van der Waals surface area contributed by atoms with E-state index < -0.39 is 0 Å².